The third-order valence-corrected chi connectivity index (χ3v) is 4.22. The largest absolute Gasteiger partial charge is 0.465 e. The van der Waals surface area contributed by atoms with Crippen molar-refractivity contribution in [1.29, 1.82) is 0 Å². The van der Waals surface area contributed by atoms with Crippen LogP contribution in [0.4, 0.5) is 0 Å². The van der Waals surface area contributed by atoms with Crippen molar-refractivity contribution in [3.63, 3.8) is 0 Å². The highest BCUT2D eigenvalue weighted by atomic mass is 32.2. The topological polar surface area (TPSA) is 46.6 Å². The number of rotatable bonds is 4. The number of ether oxygens (including phenoxy) is 1. The minimum absolute atomic E-state index is 0.135. The van der Waals surface area contributed by atoms with Crippen molar-refractivity contribution in [3.05, 3.63) is 40.3 Å². The van der Waals surface area contributed by atoms with Crippen molar-refractivity contribution >= 4 is 46.3 Å². The zero-order chi connectivity index (χ0) is 15.4. The second-order valence-corrected chi connectivity index (χ2v) is 6.16. The van der Waals surface area contributed by atoms with Crippen LogP contribution in [-0.2, 0) is 14.3 Å². The lowest BCUT2D eigenvalue weighted by Crippen LogP contribution is -2.34. The van der Waals surface area contributed by atoms with Gasteiger partial charge >= 0.3 is 5.97 Å². The van der Waals surface area contributed by atoms with Gasteiger partial charge in [0.15, 0.2) is 0 Å². The Hall–Kier alpha value is -1.66. The average molecular weight is 321 g/mol. The van der Waals surface area contributed by atoms with E-state index in [0.29, 0.717) is 9.23 Å². The minimum Gasteiger partial charge on any atom is -0.465 e. The molecule has 0 aliphatic carbocycles. The number of carbonyl (C=O) groups excluding carboxylic acids is 2. The molecule has 1 aliphatic rings. The molecule has 0 unspecified atom stereocenters. The predicted molar refractivity (Wildman–Crippen MR) is 87.7 cm³/mol. The second kappa shape index (κ2) is 6.87. The van der Waals surface area contributed by atoms with Gasteiger partial charge in [-0.05, 0) is 25.5 Å². The van der Waals surface area contributed by atoms with Gasteiger partial charge in [-0.25, -0.2) is 0 Å². The van der Waals surface area contributed by atoms with Crippen LogP contribution in [0.5, 0.6) is 0 Å². The standard InChI is InChI=1S/C15H15NO3S2/c1-3-19-13(17)9-16-14(18)12(21-15(16)20)8-11-6-4-10(2)5-7-11/h4-8H,3,9H2,1-2H3/b12-8-. The SMILES string of the molecule is CCOC(=O)CN1C(=O)/C(=C/c2ccc(C)cc2)SC1=S. The summed E-state index contributed by atoms with van der Waals surface area (Å²) in [6.07, 6.45) is 1.78. The Morgan fingerprint density at radius 1 is 1.38 bits per heavy atom. The lowest BCUT2D eigenvalue weighted by Gasteiger charge is -2.12. The maximum absolute atomic E-state index is 12.3. The van der Waals surface area contributed by atoms with E-state index in [-0.39, 0.29) is 19.1 Å². The van der Waals surface area contributed by atoms with Gasteiger partial charge in [0.1, 0.15) is 10.9 Å². The summed E-state index contributed by atoms with van der Waals surface area (Å²) in [5.41, 5.74) is 2.08. The van der Waals surface area contributed by atoms with E-state index in [1.165, 1.54) is 16.7 Å². The van der Waals surface area contributed by atoms with Crippen molar-refractivity contribution in [3.8, 4) is 0 Å². The number of hydrogen-bond acceptors (Lipinski definition) is 5. The van der Waals surface area contributed by atoms with Gasteiger partial charge in [0, 0.05) is 0 Å². The molecule has 0 saturated carbocycles. The second-order valence-electron chi connectivity index (χ2n) is 4.48. The molecular weight excluding hydrogens is 306 g/mol. The molecule has 0 spiro atoms. The first kappa shape index (κ1) is 15.7. The van der Waals surface area contributed by atoms with E-state index in [9.17, 15) is 9.59 Å². The van der Waals surface area contributed by atoms with Gasteiger partial charge in [-0.3, -0.25) is 14.5 Å². The van der Waals surface area contributed by atoms with Gasteiger partial charge in [-0.15, -0.1) is 0 Å². The van der Waals surface area contributed by atoms with Crippen molar-refractivity contribution in [2.75, 3.05) is 13.2 Å². The van der Waals surface area contributed by atoms with Crippen LogP contribution in [-0.4, -0.2) is 34.2 Å². The van der Waals surface area contributed by atoms with E-state index in [1.54, 1.807) is 13.0 Å². The molecular formula is C15H15NO3S2. The number of carbonyl (C=O) groups is 2. The van der Waals surface area contributed by atoms with E-state index >= 15 is 0 Å². The van der Waals surface area contributed by atoms with Gasteiger partial charge < -0.3 is 4.74 Å². The summed E-state index contributed by atoms with van der Waals surface area (Å²) >= 11 is 6.36. The van der Waals surface area contributed by atoms with Gasteiger partial charge in [0.25, 0.3) is 5.91 Å². The van der Waals surface area contributed by atoms with Gasteiger partial charge in [0.2, 0.25) is 0 Å². The highest BCUT2D eigenvalue weighted by molar-refractivity contribution is 8.26. The number of aryl methyl sites for hydroxylation is 1. The number of thioether (sulfide) groups is 1. The molecule has 0 radical (unpaired) electrons. The maximum atomic E-state index is 12.3. The molecule has 1 fully saturated rings. The third kappa shape index (κ3) is 3.92. The summed E-state index contributed by atoms with van der Waals surface area (Å²) < 4.78 is 5.23. The lowest BCUT2D eigenvalue weighted by atomic mass is 10.1. The first-order valence-corrected chi connectivity index (χ1v) is 7.71. The van der Waals surface area contributed by atoms with Crippen LogP contribution in [0.1, 0.15) is 18.1 Å². The van der Waals surface area contributed by atoms with E-state index in [1.807, 2.05) is 31.2 Å². The molecule has 4 nitrogen and oxygen atoms in total. The molecule has 0 aromatic heterocycles. The summed E-state index contributed by atoms with van der Waals surface area (Å²) in [5, 5.41) is 0. The Morgan fingerprint density at radius 3 is 2.67 bits per heavy atom. The third-order valence-electron chi connectivity index (χ3n) is 2.84. The highest BCUT2D eigenvalue weighted by Crippen LogP contribution is 2.32. The van der Waals surface area contributed by atoms with Crippen molar-refractivity contribution in [2.24, 2.45) is 0 Å². The summed E-state index contributed by atoms with van der Waals surface area (Å²) in [5.74, 6) is -0.705. The monoisotopic (exact) mass is 321 g/mol. The van der Waals surface area contributed by atoms with Crippen molar-refractivity contribution in [1.82, 2.24) is 4.90 Å². The quantitative estimate of drug-likeness (QED) is 0.485. The molecule has 1 amide bonds. The average Bonchev–Trinajstić information content (AvgIpc) is 2.69. The number of esters is 1. The Bertz CT molecular complexity index is 608. The van der Waals surface area contributed by atoms with Gasteiger partial charge in [-0.1, -0.05) is 53.8 Å². The van der Waals surface area contributed by atoms with E-state index < -0.39 is 5.97 Å². The molecule has 6 heteroatoms. The Labute approximate surface area is 133 Å². The molecule has 1 aliphatic heterocycles. The molecule has 0 bridgehead atoms. The number of benzene rings is 1. The fourth-order valence-corrected chi connectivity index (χ4v) is 3.04. The molecule has 0 N–H and O–H groups in total. The Kier molecular flexibility index (Phi) is 5.14. The number of hydrogen-bond donors (Lipinski definition) is 0. The molecule has 110 valence electrons. The van der Waals surface area contributed by atoms with Crippen LogP contribution >= 0.6 is 24.0 Å². The van der Waals surface area contributed by atoms with Crippen LogP contribution < -0.4 is 0 Å². The van der Waals surface area contributed by atoms with Crippen LogP contribution in [0.2, 0.25) is 0 Å². The smallest absolute Gasteiger partial charge is 0.326 e. The molecule has 21 heavy (non-hydrogen) atoms. The Morgan fingerprint density at radius 2 is 2.05 bits per heavy atom. The summed E-state index contributed by atoms with van der Waals surface area (Å²) in [4.78, 5) is 25.6. The fraction of sp³-hybridized carbons (Fsp3) is 0.267. The Balaban J connectivity index is 2.13. The summed E-state index contributed by atoms with van der Waals surface area (Å²) in [6.45, 7) is 3.87. The highest BCUT2D eigenvalue weighted by Gasteiger charge is 2.33. The van der Waals surface area contributed by atoms with Crippen LogP contribution in [0, 0.1) is 6.92 Å². The molecule has 1 saturated heterocycles. The zero-order valence-corrected chi connectivity index (χ0v) is 13.4. The predicted octanol–water partition coefficient (Wildman–Crippen LogP) is 2.76. The van der Waals surface area contributed by atoms with Gasteiger partial charge in [-0.2, -0.15) is 0 Å². The molecule has 1 heterocycles. The zero-order valence-electron chi connectivity index (χ0n) is 11.8. The van der Waals surface area contributed by atoms with Gasteiger partial charge in [0.05, 0.1) is 11.5 Å². The molecule has 2 rings (SSSR count). The lowest BCUT2D eigenvalue weighted by molar-refractivity contribution is -0.145. The maximum Gasteiger partial charge on any atom is 0.326 e. The van der Waals surface area contributed by atoms with Crippen molar-refractivity contribution in [2.45, 2.75) is 13.8 Å². The number of thiocarbonyl (C=S) groups is 1. The number of amides is 1. The summed E-state index contributed by atoms with van der Waals surface area (Å²) in [6, 6.07) is 7.83. The van der Waals surface area contributed by atoms with E-state index in [4.69, 9.17) is 17.0 Å². The van der Waals surface area contributed by atoms with E-state index in [0.717, 1.165) is 11.1 Å². The van der Waals surface area contributed by atoms with Crippen molar-refractivity contribution < 1.29 is 14.3 Å². The van der Waals surface area contributed by atoms with Crippen LogP contribution in [0.15, 0.2) is 29.2 Å². The first-order valence-electron chi connectivity index (χ1n) is 6.49. The normalized spacial score (nSPS) is 16.7. The first-order chi connectivity index (χ1) is 10.0. The fourth-order valence-electron chi connectivity index (χ4n) is 1.79. The molecule has 1 aromatic rings. The number of nitrogens with zero attached hydrogens (tertiary/aromatic N) is 1. The van der Waals surface area contributed by atoms with E-state index in [2.05, 4.69) is 0 Å². The summed E-state index contributed by atoms with van der Waals surface area (Å²) in [7, 11) is 0. The minimum atomic E-state index is -0.453. The molecule has 0 atom stereocenters. The molecule has 1 aromatic carbocycles. The van der Waals surface area contributed by atoms with Crippen LogP contribution in [0.25, 0.3) is 6.08 Å². The van der Waals surface area contributed by atoms with Crippen LogP contribution in [0.3, 0.4) is 0 Å².